The van der Waals surface area contributed by atoms with Crippen molar-refractivity contribution in [1.29, 1.82) is 5.26 Å². The molecule has 0 aliphatic heterocycles. The number of nitrogens with zero attached hydrogens (tertiary/aromatic N) is 1. The highest BCUT2D eigenvalue weighted by molar-refractivity contribution is 7.91. The Morgan fingerprint density at radius 1 is 1.52 bits per heavy atom. The molecule has 0 N–H and O–H groups in total. The van der Waals surface area contributed by atoms with E-state index >= 15 is 0 Å². The number of sulfone groups is 1. The van der Waals surface area contributed by atoms with Crippen molar-refractivity contribution in [3.63, 3.8) is 0 Å². The lowest BCUT2D eigenvalue weighted by Gasteiger charge is -2.08. The predicted molar refractivity (Wildman–Crippen MR) is 77.5 cm³/mol. The van der Waals surface area contributed by atoms with Gasteiger partial charge < -0.3 is 4.74 Å². The fourth-order valence-corrected chi connectivity index (χ4v) is 4.71. The lowest BCUT2D eigenvalue weighted by Crippen LogP contribution is -2.24. The van der Waals surface area contributed by atoms with Crippen LogP contribution in [0.1, 0.15) is 18.4 Å². The van der Waals surface area contributed by atoms with Crippen molar-refractivity contribution >= 4 is 27.4 Å². The number of hydrogen-bond donors (Lipinski definition) is 0. The first-order valence-electron chi connectivity index (χ1n) is 6.31. The molecule has 0 heterocycles. The molecular formula is C14H14ClNO4S. The number of nitriles is 1. The van der Waals surface area contributed by atoms with E-state index in [0.29, 0.717) is 10.6 Å². The number of ether oxygens (including phenoxy) is 1. The van der Waals surface area contributed by atoms with E-state index in [9.17, 15) is 18.5 Å². The molecule has 1 saturated carbocycles. The van der Waals surface area contributed by atoms with Crippen LogP contribution in [0.3, 0.4) is 0 Å². The van der Waals surface area contributed by atoms with Gasteiger partial charge in [-0.15, -0.1) is 0 Å². The summed E-state index contributed by atoms with van der Waals surface area (Å²) in [5.74, 6) is -1.55. The monoisotopic (exact) mass is 327 g/mol. The molecule has 1 aliphatic rings. The molecule has 0 aromatic heterocycles. The zero-order valence-electron chi connectivity index (χ0n) is 11.5. The molecule has 0 saturated heterocycles. The third kappa shape index (κ3) is 2.52. The van der Waals surface area contributed by atoms with Crippen LogP contribution < -0.4 is 0 Å². The molecule has 0 radical (unpaired) electrons. The van der Waals surface area contributed by atoms with Crippen LogP contribution in [0.15, 0.2) is 24.3 Å². The summed E-state index contributed by atoms with van der Waals surface area (Å²) in [6.07, 6.45) is 1.02. The van der Waals surface area contributed by atoms with Gasteiger partial charge in [-0.2, -0.15) is 5.26 Å². The van der Waals surface area contributed by atoms with Gasteiger partial charge in [0.15, 0.2) is 15.3 Å². The Labute approximate surface area is 128 Å². The van der Waals surface area contributed by atoms with Crippen LogP contribution in [0.4, 0.5) is 0 Å². The van der Waals surface area contributed by atoms with E-state index in [2.05, 4.69) is 0 Å². The number of carbonyl (C=O) groups is 1. The van der Waals surface area contributed by atoms with Crippen molar-refractivity contribution in [1.82, 2.24) is 0 Å². The zero-order chi connectivity index (χ0) is 15.8. The van der Waals surface area contributed by atoms with Crippen molar-refractivity contribution in [2.45, 2.75) is 18.1 Å². The van der Waals surface area contributed by atoms with Crippen LogP contribution >= 0.6 is 11.6 Å². The normalized spacial score (nSPS) is 27.7. The maximum absolute atomic E-state index is 12.1. The summed E-state index contributed by atoms with van der Waals surface area (Å²) < 4.78 is 28.8. The Morgan fingerprint density at radius 3 is 2.67 bits per heavy atom. The number of hydrogen-bond acceptors (Lipinski definition) is 5. The Kier molecular flexibility index (Phi) is 4.00. The quantitative estimate of drug-likeness (QED) is 0.789. The van der Waals surface area contributed by atoms with E-state index < -0.39 is 32.4 Å². The summed E-state index contributed by atoms with van der Waals surface area (Å²) in [4.78, 5) is 12.1. The molecule has 1 aliphatic carbocycles. The molecule has 1 aromatic rings. The summed E-state index contributed by atoms with van der Waals surface area (Å²) in [6, 6.07) is 8.39. The van der Waals surface area contributed by atoms with Gasteiger partial charge in [0.1, 0.15) is 5.25 Å². The van der Waals surface area contributed by atoms with E-state index in [1.807, 2.05) is 6.07 Å². The average molecular weight is 328 g/mol. The summed E-state index contributed by atoms with van der Waals surface area (Å²) in [5, 5.41) is 8.75. The van der Waals surface area contributed by atoms with Crippen LogP contribution in [0.25, 0.3) is 0 Å². The molecule has 2 rings (SSSR count). The molecule has 21 heavy (non-hydrogen) atoms. The molecule has 0 bridgehead atoms. The number of rotatable bonds is 4. The van der Waals surface area contributed by atoms with E-state index in [0.717, 1.165) is 6.26 Å². The summed E-state index contributed by atoms with van der Waals surface area (Å²) in [6.45, 7) is 1.69. The number of esters is 1. The second-order valence-electron chi connectivity index (χ2n) is 4.98. The number of benzene rings is 1. The highest BCUT2D eigenvalue weighted by Gasteiger charge is 2.76. The minimum atomic E-state index is -3.59. The Hall–Kier alpha value is -1.58. The summed E-state index contributed by atoms with van der Waals surface area (Å²) >= 11 is 5.91. The zero-order valence-corrected chi connectivity index (χ0v) is 13.1. The Balaban J connectivity index is 2.53. The van der Waals surface area contributed by atoms with Gasteiger partial charge in [0.05, 0.1) is 12.7 Å². The van der Waals surface area contributed by atoms with Crippen molar-refractivity contribution < 1.29 is 17.9 Å². The number of carbonyl (C=O) groups excluding carboxylic acids is 1. The molecule has 112 valence electrons. The highest BCUT2D eigenvalue weighted by atomic mass is 35.5. The summed E-state index contributed by atoms with van der Waals surface area (Å²) in [7, 11) is -3.59. The second-order valence-corrected chi connectivity index (χ2v) is 7.59. The van der Waals surface area contributed by atoms with Gasteiger partial charge in [-0.1, -0.05) is 23.7 Å². The van der Waals surface area contributed by atoms with E-state index in [1.165, 1.54) is 0 Å². The van der Waals surface area contributed by atoms with Gasteiger partial charge in [0.2, 0.25) is 0 Å². The smallest absolute Gasteiger partial charge is 0.328 e. The first-order chi connectivity index (χ1) is 9.79. The van der Waals surface area contributed by atoms with Crippen molar-refractivity contribution in [3.05, 3.63) is 34.9 Å². The lowest BCUT2D eigenvalue weighted by molar-refractivity contribution is -0.147. The predicted octanol–water partition coefficient (Wildman–Crippen LogP) is 1.92. The summed E-state index contributed by atoms with van der Waals surface area (Å²) in [5.41, 5.74) is -1.14. The van der Waals surface area contributed by atoms with Crippen LogP contribution in [0.2, 0.25) is 5.02 Å². The molecule has 1 aromatic carbocycles. The number of halogens is 1. The maximum Gasteiger partial charge on any atom is 0.328 e. The third-order valence-corrected chi connectivity index (χ3v) is 5.40. The van der Waals surface area contributed by atoms with Crippen LogP contribution in [-0.2, 0) is 19.4 Å². The van der Waals surface area contributed by atoms with Crippen molar-refractivity contribution in [2.24, 2.45) is 5.41 Å². The minimum Gasteiger partial charge on any atom is -0.465 e. The maximum atomic E-state index is 12.1. The largest absolute Gasteiger partial charge is 0.465 e. The van der Waals surface area contributed by atoms with E-state index in [4.69, 9.17) is 16.3 Å². The molecule has 7 heteroatoms. The molecule has 1 fully saturated rings. The van der Waals surface area contributed by atoms with Crippen LogP contribution in [0.5, 0.6) is 0 Å². The lowest BCUT2D eigenvalue weighted by atomic mass is 10.0. The third-order valence-electron chi connectivity index (χ3n) is 3.60. The van der Waals surface area contributed by atoms with Gasteiger partial charge in [-0.05, 0) is 24.6 Å². The SMILES string of the molecule is CCOC(=O)C1(C#N)C(c2cccc(Cl)c2)C1S(C)(=O)=O. The van der Waals surface area contributed by atoms with Gasteiger partial charge in [-0.3, -0.25) is 4.79 Å². The molecule has 3 unspecified atom stereocenters. The molecule has 0 amide bonds. The average Bonchev–Trinajstić information content (AvgIpc) is 3.09. The molecule has 5 nitrogen and oxygen atoms in total. The topological polar surface area (TPSA) is 84.2 Å². The molecular weight excluding hydrogens is 314 g/mol. The van der Waals surface area contributed by atoms with E-state index in [1.54, 1.807) is 31.2 Å². The standard InChI is InChI=1S/C14H14ClNO4S/c1-3-20-13(17)14(8-16)11(12(14)21(2,18)19)9-5-4-6-10(15)7-9/h4-7,11-12H,3H2,1-2H3. The second kappa shape index (κ2) is 5.32. The van der Waals surface area contributed by atoms with Crippen LogP contribution in [-0.4, -0.2) is 32.5 Å². The first kappa shape index (κ1) is 15.8. The van der Waals surface area contributed by atoms with E-state index in [-0.39, 0.29) is 6.61 Å². The van der Waals surface area contributed by atoms with Crippen LogP contribution in [0, 0.1) is 16.7 Å². The molecule has 3 atom stereocenters. The first-order valence-corrected chi connectivity index (χ1v) is 8.65. The Bertz CT molecular complexity index is 725. The van der Waals surface area contributed by atoms with Gasteiger partial charge in [0.25, 0.3) is 0 Å². The fraction of sp³-hybridized carbons (Fsp3) is 0.429. The highest BCUT2D eigenvalue weighted by Crippen LogP contribution is 2.63. The molecule has 0 spiro atoms. The minimum absolute atomic E-state index is 0.0843. The van der Waals surface area contributed by atoms with Gasteiger partial charge in [0, 0.05) is 17.2 Å². The van der Waals surface area contributed by atoms with Crippen molar-refractivity contribution in [3.8, 4) is 6.07 Å². The Morgan fingerprint density at radius 2 is 2.19 bits per heavy atom. The van der Waals surface area contributed by atoms with Crippen molar-refractivity contribution in [2.75, 3.05) is 12.9 Å². The fourth-order valence-electron chi connectivity index (χ4n) is 2.75. The van der Waals surface area contributed by atoms with Gasteiger partial charge in [-0.25, -0.2) is 8.42 Å². The van der Waals surface area contributed by atoms with Gasteiger partial charge >= 0.3 is 5.97 Å².